The fourth-order valence-electron chi connectivity index (χ4n) is 4.63. The Kier molecular flexibility index (Phi) is 5.69. The standard InChI is InChI=1S/C23H27FN2O3/c1-2-22(27)29-21-14-26(16-10-6-7-11-16)20-13-19(18(24)12-17(20)23(21)28)25-15-8-4-3-5-9-15/h2,12-16,25H,1,3-11H2. The molecule has 1 aromatic heterocycles. The van der Waals surface area contributed by atoms with E-state index >= 15 is 0 Å². The molecule has 0 amide bonds. The van der Waals surface area contributed by atoms with Crippen LogP contribution in [-0.4, -0.2) is 16.6 Å². The number of fused-ring (bicyclic) bond motifs is 1. The van der Waals surface area contributed by atoms with Crippen LogP contribution in [0.15, 0.2) is 35.8 Å². The van der Waals surface area contributed by atoms with Gasteiger partial charge in [-0.2, -0.15) is 0 Å². The third-order valence-corrected chi connectivity index (χ3v) is 6.15. The van der Waals surface area contributed by atoms with E-state index in [0.29, 0.717) is 11.2 Å². The van der Waals surface area contributed by atoms with Gasteiger partial charge in [0.1, 0.15) is 5.82 Å². The Morgan fingerprint density at radius 1 is 1.14 bits per heavy atom. The van der Waals surface area contributed by atoms with Gasteiger partial charge >= 0.3 is 5.97 Å². The molecule has 0 saturated heterocycles. The summed E-state index contributed by atoms with van der Waals surface area (Å²) in [6.45, 7) is 3.38. The van der Waals surface area contributed by atoms with Crippen LogP contribution < -0.4 is 15.5 Å². The molecule has 2 aliphatic rings. The lowest BCUT2D eigenvalue weighted by atomic mass is 9.95. The smallest absolute Gasteiger partial charge is 0.335 e. The van der Waals surface area contributed by atoms with Gasteiger partial charge in [-0.1, -0.05) is 38.7 Å². The molecule has 1 heterocycles. The van der Waals surface area contributed by atoms with Crippen molar-refractivity contribution in [3.8, 4) is 5.75 Å². The molecular weight excluding hydrogens is 371 g/mol. The minimum absolute atomic E-state index is 0.0818. The lowest BCUT2D eigenvalue weighted by Crippen LogP contribution is -2.23. The van der Waals surface area contributed by atoms with E-state index in [9.17, 15) is 14.0 Å². The van der Waals surface area contributed by atoms with Gasteiger partial charge in [0.15, 0.2) is 5.75 Å². The first-order chi connectivity index (χ1) is 14.1. The third-order valence-electron chi connectivity index (χ3n) is 6.15. The van der Waals surface area contributed by atoms with Gasteiger partial charge < -0.3 is 14.6 Å². The number of halogens is 1. The molecular formula is C23H27FN2O3. The molecule has 4 rings (SSSR count). The van der Waals surface area contributed by atoms with Crippen LogP contribution in [-0.2, 0) is 4.79 Å². The molecule has 29 heavy (non-hydrogen) atoms. The molecule has 0 unspecified atom stereocenters. The second-order valence-corrected chi connectivity index (χ2v) is 8.12. The minimum atomic E-state index is -0.699. The number of esters is 1. The molecule has 5 nitrogen and oxygen atoms in total. The van der Waals surface area contributed by atoms with Crippen LogP contribution in [0.5, 0.6) is 5.75 Å². The summed E-state index contributed by atoms with van der Waals surface area (Å²) >= 11 is 0. The van der Waals surface area contributed by atoms with Gasteiger partial charge in [0.2, 0.25) is 5.43 Å². The van der Waals surface area contributed by atoms with Crippen LogP contribution in [0.4, 0.5) is 10.1 Å². The number of nitrogens with zero attached hydrogens (tertiary/aromatic N) is 1. The van der Waals surface area contributed by atoms with Crippen molar-refractivity contribution in [3.05, 3.63) is 47.0 Å². The normalized spacial score (nSPS) is 18.1. The maximum absolute atomic E-state index is 14.9. The lowest BCUT2D eigenvalue weighted by molar-refractivity contribution is -0.129. The molecule has 0 radical (unpaired) electrons. The number of nitrogens with one attached hydrogen (secondary N) is 1. The largest absolute Gasteiger partial charge is 0.418 e. The third kappa shape index (κ3) is 4.07. The van der Waals surface area contributed by atoms with Crippen molar-refractivity contribution in [3.63, 3.8) is 0 Å². The molecule has 0 atom stereocenters. The number of rotatable bonds is 5. The minimum Gasteiger partial charge on any atom is -0.418 e. The number of ether oxygens (including phenoxy) is 1. The van der Waals surface area contributed by atoms with Crippen LogP contribution >= 0.6 is 0 Å². The number of aromatic nitrogens is 1. The van der Waals surface area contributed by atoms with E-state index in [1.807, 2.05) is 4.57 Å². The number of pyridine rings is 1. The Hall–Kier alpha value is -2.63. The van der Waals surface area contributed by atoms with Crippen LogP contribution in [0.3, 0.4) is 0 Å². The molecule has 0 spiro atoms. The summed E-state index contributed by atoms with van der Waals surface area (Å²) in [6.07, 6.45) is 12.4. The Balaban J connectivity index is 1.81. The first-order valence-corrected chi connectivity index (χ1v) is 10.6. The van der Waals surface area contributed by atoms with Gasteiger partial charge in [-0.3, -0.25) is 4.79 Å². The highest BCUT2D eigenvalue weighted by Gasteiger charge is 2.23. The highest BCUT2D eigenvalue weighted by molar-refractivity contribution is 5.87. The molecule has 1 aromatic carbocycles. The molecule has 2 fully saturated rings. The summed E-state index contributed by atoms with van der Waals surface area (Å²) < 4.78 is 22.0. The number of benzene rings is 1. The Morgan fingerprint density at radius 3 is 2.52 bits per heavy atom. The molecule has 2 aromatic rings. The molecule has 2 saturated carbocycles. The van der Waals surface area contributed by atoms with Crippen molar-refractivity contribution in [1.29, 1.82) is 0 Å². The van der Waals surface area contributed by atoms with E-state index in [-0.39, 0.29) is 23.2 Å². The Morgan fingerprint density at radius 2 is 1.83 bits per heavy atom. The number of carbonyl (C=O) groups excluding carboxylic acids is 1. The first-order valence-electron chi connectivity index (χ1n) is 10.6. The molecule has 154 valence electrons. The van der Waals surface area contributed by atoms with Crippen molar-refractivity contribution in [2.45, 2.75) is 69.9 Å². The SMILES string of the molecule is C=CC(=O)Oc1cn(C2CCCC2)c2cc(NC3CCCCC3)c(F)cc2c1=O. The average molecular weight is 398 g/mol. The average Bonchev–Trinajstić information content (AvgIpc) is 3.26. The highest BCUT2D eigenvalue weighted by atomic mass is 19.1. The zero-order valence-electron chi connectivity index (χ0n) is 16.6. The quantitative estimate of drug-likeness (QED) is 0.563. The zero-order chi connectivity index (χ0) is 20.4. The van der Waals surface area contributed by atoms with Crippen molar-refractivity contribution in [2.24, 2.45) is 0 Å². The van der Waals surface area contributed by atoms with E-state index in [1.165, 1.54) is 12.5 Å². The van der Waals surface area contributed by atoms with Crippen molar-refractivity contribution in [1.82, 2.24) is 4.57 Å². The number of hydrogen-bond donors (Lipinski definition) is 1. The molecule has 0 aliphatic heterocycles. The maximum atomic E-state index is 14.9. The van der Waals surface area contributed by atoms with Crippen molar-refractivity contribution in [2.75, 3.05) is 5.32 Å². The van der Waals surface area contributed by atoms with Crippen LogP contribution in [0.25, 0.3) is 10.9 Å². The fourth-order valence-corrected chi connectivity index (χ4v) is 4.63. The van der Waals surface area contributed by atoms with Gasteiger partial charge in [0, 0.05) is 18.2 Å². The van der Waals surface area contributed by atoms with Crippen molar-refractivity contribution < 1.29 is 13.9 Å². The highest BCUT2D eigenvalue weighted by Crippen LogP contribution is 2.34. The van der Waals surface area contributed by atoms with Crippen LogP contribution in [0.2, 0.25) is 0 Å². The van der Waals surface area contributed by atoms with Gasteiger partial charge in [-0.05, 0) is 37.8 Å². The molecule has 0 bridgehead atoms. The Labute approximate surface area is 169 Å². The van der Waals surface area contributed by atoms with Crippen LogP contribution in [0, 0.1) is 5.82 Å². The summed E-state index contributed by atoms with van der Waals surface area (Å²) in [6, 6.07) is 3.49. The number of carbonyl (C=O) groups is 1. The Bertz CT molecular complexity index is 986. The molecule has 1 N–H and O–H groups in total. The van der Waals surface area contributed by atoms with Gasteiger partial charge in [0.05, 0.1) is 22.8 Å². The van der Waals surface area contributed by atoms with Gasteiger partial charge in [-0.15, -0.1) is 0 Å². The number of hydrogen-bond acceptors (Lipinski definition) is 4. The van der Waals surface area contributed by atoms with E-state index in [2.05, 4.69) is 11.9 Å². The van der Waals surface area contributed by atoms with E-state index in [0.717, 1.165) is 57.4 Å². The van der Waals surface area contributed by atoms with E-state index in [1.54, 1.807) is 12.3 Å². The fraction of sp³-hybridized carbons (Fsp3) is 0.478. The predicted octanol–water partition coefficient (Wildman–Crippen LogP) is 5.09. The summed E-state index contributed by atoms with van der Waals surface area (Å²) in [7, 11) is 0. The molecule has 6 heteroatoms. The topological polar surface area (TPSA) is 60.3 Å². The van der Waals surface area contributed by atoms with Crippen molar-refractivity contribution >= 4 is 22.6 Å². The summed E-state index contributed by atoms with van der Waals surface area (Å²) in [5.41, 5.74) is 0.638. The lowest BCUT2D eigenvalue weighted by Gasteiger charge is -2.25. The van der Waals surface area contributed by atoms with Crippen LogP contribution in [0.1, 0.15) is 63.8 Å². The second-order valence-electron chi connectivity index (χ2n) is 8.12. The van der Waals surface area contributed by atoms with Gasteiger partial charge in [0.25, 0.3) is 0 Å². The summed E-state index contributed by atoms with van der Waals surface area (Å²) in [5.74, 6) is -1.23. The monoisotopic (exact) mass is 398 g/mol. The maximum Gasteiger partial charge on any atom is 0.335 e. The second kappa shape index (κ2) is 8.39. The summed E-state index contributed by atoms with van der Waals surface area (Å²) in [4.78, 5) is 24.6. The van der Waals surface area contributed by atoms with E-state index in [4.69, 9.17) is 4.74 Å². The number of anilines is 1. The first kappa shape index (κ1) is 19.7. The molecule has 2 aliphatic carbocycles. The zero-order valence-corrected chi connectivity index (χ0v) is 16.6. The van der Waals surface area contributed by atoms with E-state index < -0.39 is 17.2 Å². The summed E-state index contributed by atoms with van der Waals surface area (Å²) in [5, 5.41) is 3.58. The predicted molar refractivity (Wildman–Crippen MR) is 112 cm³/mol. The van der Waals surface area contributed by atoms with Gasteiger partial charge in [-0.25, -0.2) is 9.18 Å².